The fourth-order valence-corrected chi connectivity index (χ4v) is 2.55. The van der Waals surface area contributed by atoms with E-state index in [2.05, 4.69) is 4.72 Å². The maximum absolute atomic E-state index is 11.6. The van der Waals surface area contributed by atoms with Gasteiger partial charge >= 0.3 is 0 Å². The lowest BCUT2D eigenvalue weighted by Gasteiger charge is -2.07. The fraction of sp³-hybridized carbons (Fsp3) is 0.364. The van der Waals surface area contributed by atoms with Crippen LogP contribution in [0.4, 0.5) is 5.69 Å². The van der Waals surface area contributed by atoms with Gasteiger partial charge in [-0.3, -0.25) is 10.1 Å². The van der Waals surface area contributed by atoms with E-state index in [1.54, 1.807) is 24.3 Å². The Bertz CT molecular complexity index is 486. The molecule has 1 aromatic rings. The van der Waals surface area contributed by atoms with Crippen LogP contribution in [0.25, 0.3) is 0 Å². The van der Waals surface area contributed by atoms with Crippen molar-refractivity contribution in [2.24, 2.45) is 5.73 Å². The van der Waals surface area contributed by atoms with E-state index in [1.165, 1.54) is 0 Å². The second-order valence-corrected chi connectivity index (χ2v) is 5.61. The normalized spacial score (nSPS) is 10.5. The van der Waals surface area contributed by atoms with Crippen molar-refractivity contribution in [2.75, 3.05) is 10.5 Å². The van der Waals surface area contributed by atoms with Crippen molar-refractivity contribution in [1.29, 1.82) is 5.41 Å². The van der Waals surface area contributed by atoms with Crippen molar-refractivity contribution in [2.45, 2.75) is 19.8 Å². The third-order valence-electron chi connectivity index (χ3n) is 2.24. The topological polar surface area (TPSA) is 96.0 Å². The molecule has 0 aliphatic heterocycles. The molecule has 0 saturated carbocycles. The van der Waals surface area contributed by atoms with E-state index in [0.29, 0.717) is 17.7 Å². The van der Waals surface area contributed by atoms with Gasteiger partial charge in [0.25, 0.3) is 0 Å². The Kier molecular flexibility index (Phi) is 6.72. The number of hydrogen-bond acceptors (Lipinski definition) is 3. The molecule has 0 atom stereocenters. The Morgan fingerprint density at radius 3 is 2.33 bits per heavy atom. The highest BCUT2D eigenvalue weighted by Gasteiger charge is 2.09. The summed E-state index contributed by atoms with van der Waals surface area (Å²) in [6.07, 6.45) is 1.48. The minimum Gasteiger partial charge on any atom is -0.384 e. The second kappa shape index (κ2) is 7.23. The number of unbranched alkanes of at least 4 members (excludes halogenated alkanes) is 1. The lowest BCUT2D eigenvalue weighted by atomic mass is 10.2. The molecule has 0 unspecified atom stereocenters. The summed E-state index contributed by atoms with van der Waals surface area (Å²) in [6.45, 7) is 1.94. The van der Waals surface area contributed by atoms with E-state index >= 15 is 0 Å². The Labute approximate surface area is 114 Å². The van der Waals surface area contributed by atoms with E-state index in [-0.39, 0.29) is 24.0 Å². The molecular formula is C11H18ClN3O2S. The van der Waals surface area contributed by atoms with Crippen molar-refractivity contribution in [3.63, 3.8) is 0 Å². The van der Waals surface area contributed by atoms with Crippen LogP contribution in [0.1, 0.15) is 25.3 Å². The van der Waals surface area contributed by atoms with Crippen molar-refractivity contribution < 1.29 is 8.42 Å². The van der Waals surface area contributed by atoms with Crippen LogP contribution >= 0.6 is 12.4 Å². The van der Waals surface area contributed by atoms with E-state index in [1.807, 2.05) is 6.92 Å². The first-order chi connectivity index (χ1) is 7.94. The zero-order valence-corrected chi connectivity index (χ0v) is 11.8. The molecule has 7 heteroatoms. The Morgan fingerprint density at radius 2 is 1.89 bits per heavy atom. The highest BCUT2D eigenvalue weighted by molar-refractivity contribution is 7.92. The number of hydrogen-bond donors (Lipinski definition) is 3. The molecule has 0 heterocycles. The molecule has 0 radical (unpaired) electrons. The van der Waals surface area contributed by atoms with Crippen LogP contribution in [0.5, 0.6) is 0 Å². The number of nitrogen functional groups attached to an aromatic ring is 1. The SMILES string of the molecule is CCCCS(=O)(=O)Nc1ccc(C(=N)N)cc1.Cl. The molecule has 0 aliphatic rings. The standard InChI is InChI=1S/C11H17N3O2S.ClH/c1-2-3-8-17(15,16)14-10-6-4-9(5-7-10)11(12)13;/h4-7,14H,2-3,8H2,1H3,(H3,12,13);1H. The quantitative estimate of drug-likeness (QED) is 0.552. The number of sulfonamides is 1. The minimum atomic E-state index is -3.26. The minimum absolute atomic E-state index is 0. The van der Waals surface area contributed by atoms with E-state index in [0.717, 1.165) is 6.42 Å². The summed E-state index contributed by atoms with van der Waals surface area (Å²) in [7, 11) is -3.26. The van der Waals surface area contributed by atoms with Gasteiger partial charge in [-0.15, -0.1) is 12.4 Å². The van der Waals surface area contributed by atoms with Crippen LogP contribution in [-0.4, -0.2) is 20.0 Å². The monoisotopic (exact) mass is 291 g/mol. The smallest absolute Gasteiger partial charge is 0.232 e. The predicted molar refractivity (Wildman–Crippen MR) is 77.0 cm³/mol. The number of anilines is 1. The Balaban J connectivity index is 0.00000289. The fourth-order valence-electron chi connectivity index (χ4n) is 1.28. The molecule has 0 bridgehead atoms. The predicted octanol–water partition coefficient (Wildman–Crippen LogP) is 1.93. The van der Waals surface area contributed by atoms with Crippen LogP contribution in [0, 0.1) is 5.41 Å². The first-order valence-corrected chi connectivity index (χ1v) is 7.05. The lowest BCUT2D eigenvalue weighted by molar-refractivity contribution is 0.598. The molecule has 0 spiro atoms. The highest BCUT2D eigenvalue weighted by Crippen LogP contribution is 2.11. The summed E-state index contributed by atoms with van der Waals surface area (Å²) in [5, 5.41) is 7.22. The van der Waals surface area contributed by atoms with Crippen LogP contribution in [0.3, 0.4) is 0 Å². The molecule has 1 rings (SSSR count). The van der Waals surface area contributed by atoms with E-state index in [4.69, 9.17) is 11.1 Å². The van der Waals surface area contributed by atoms with E-state index in [9.17, 15) is 8.42 Å². The highest BCUT2D eigenvalue weighted by atomic mass is 35.5. The maximum atomic E-state index is 11.6. The van der Waals surface area contributed by atoms with Crippen LogP contribution in [-0.2, 0) is 10.0 Å². The first-order valence-electron chi connectivity index (χ1n) is 5.39. The van der Waals surface area contributed by atoms with Gasteiger partial charge in [0, 0.05) is 11.3 Å². The largest absolute Gasteiger partial charge is 0.384 e. The lowest BCUT2D eigenvalue weighted by Crippen LogP contribution is -2.17. The van der Waals surface area contributed by atoms with Crippen LogP contribution < -0.4 is 10.5 Å². The Hall–Kier alpha value is -1.27. The number of nitrogens with one attached hydrogen (secondary N) is 2. The van der Waals surface area contributed by atoms with Gasteiger partial charge in [0.05, 0.1) is 5.75 Å². The van der Waals surface area contributed by atoms with Crippen molar-refractivity contribution in [1.82, 2.24) is 0 Å². The van der Waals surface area contributed by atoms with Gasteiger partial charge in [-0.05, 0) is 30.7 Å². The second-order valence-electron chi connectivity index (χ2n) is 3.77. The molecule has 1 aromatic carbocycles. The number of rotatable bonds is 6. The number of nitrogens with two attached hydrogens (primary N) is 1. The van der Waals surface area contributed by atoms with Crippen molar-refractivity contribution >= 4 is 34.0 Å². The average molecular weight is 292 g/mol. The molecule has 5 nitrogen and oxygen atoms in total. The molecule has 0 amide bonds. The molecule has 4 N–H and O–H groups in total. The molecule has 0 fully saturated rings. The molecule has 0 saturated heterocycles. The van der Waals surface area contributed by atoms with Gasteiger partial charge in [-0.2, -0.15) is 0 Å². The Morgan fingerprint density at radius 1 is 1.33 bits per heavy atom. The molecule has 0 aliphatic carbocycles. The van der Waals surface area contributed by atoms with Gasteiger partial charge in [0.1, 0.15) is 5.84 Å². The summed E-state index contributed by atoms with van der Waals surface area (Å²) in [6, 6.07) is 6.42. The molecule has 0 aromatic heterocycles. The average Bonchev–Trinajstić information content (AvgIpc) is 2.26. The number of amidine groups is 1. The van der Waals surface area contributed by atoms with Crippen molar-refractivity contribution in [3.8, 4) is 0 Å². The number of benzene rings is 1. The molecule has 102 valence electrons. The zero-order chi connectivity index (χ0) is 12.9. The van der Waals surface area contributed by atoms with Gasteiger partial charge in [-0.1, -0.05) is 13.3 Å². The van der Waals surface area contributed by atoms with Gasteiger partial charge in [0.15, 0.2) is 0 Å². The summed E-state index contributed by atoms with van der Waals surface area (Å²) in [5.74, 6) is 0.0863. The van der Waals surface area contributed by atoms with Gasteiger partial charge in [0.2, 0.25) is 10.0 Å². The van der Waals surface area contributed by atoms with Gasteiger partial charge < -0.3 is 5.73 Å². The maximum Gasteiger partial charge on any atom is 0.232 e. The first kappa shape index (κ1) is 16.7. The van der Waals surface area contributed by atoms with Crippen LogP contribution in [0.15, 0.2) is 24.3 Å². The summed E-state index contributed by atoms with van der Waals surface area (Å²) >= 11 is 0. The molecular weight excluding hydrogens is 274 g/mol. The third kappa shape index (κ3) is 5.37. The third-order valence-corrected chi connectivity index (χ3v) is 3.61. The molecule has 18 heavy (non-hydrogen) atoms. The van der Waals surface area contributed by atoms with Gasteiger partial charge in [-0.25, -0.2) is 8.42 Å². The summed E-state index contributed by atoms with van der Waals surface area (Å²) < 4.78 is 25.7. The number of halogens is 1. The van der Waals surface area contributed by atoms with Crippen molar-refractivity contribution in [3.05, 3.63) is 29.8 Å². The summed E-state index contributed by atoms with van der Waals surface area (Å²) in [5.41, 5.74) is 6.36. The summed E-state index contributed by atoms with van der Waals surface area (Å²) in [4.78, 5) is 0. The van der Waals surface area contributed by atoms with E-state index < -0.39 is 10.0 Å². The zero-order valence-electron chi connectivity index (χ0n) is 10.1. The van der Waals surface area contributed by atoms with Crippen LogP contribution in [0.2, 0.25) is 0 Å².